The van der Waals surface area contributed by atoms with Crippen LogP contribution in [0.3, 0.4) is 0 Å². The number of amides is 1. The average Bonchev–Trinajstić information content (AvgIpc) is 2.40. The van der Waals surface area contributed by atoms with E-state index in [0.717, 1.165) is 16.7 Å². The van der Waals surface area contributed by atoms with E-state index in [1.165, 1.54) is 0 Å². The van der Waals surface area contributed by atoms with Gasteiger partial charge in [-0.25, -0.2) is 0 Å². The number of benzene rings is 2. The van der Waals surface area contributed by atoms with Crippen LogP contribution >= 0.6 is 0 Å². The van der Waals surface area contributed by atoms with E-state index in [4.69, 9.17) is 5.73 Å². The number of phenolic OH excluding ortho intramolecular Hbond substituents is 1. The molecule has 0 radical (unpaired) electrons. The van der Waals surface area contributed by atoms with Gasteiger partial charge in [-0.3, -0.25) is 4.79 Å². The number of primary amides is 1. The van der Waals surface area contributed by atoms with Gasteiger partial charge in [0.2, 0.25) is 5.91 Å². The maximum absolute atomic E-state index is 10.6. The van der Waals surface area contributed by atoms with Crippen LogP contribution in [-0.2, 0) is 4.79 Å². The molecule has 3 N–H and O–H groups in total. The number of phenols is 1. The Morgan fingerprint density at radius 1 is 1.00 bits per heavy atom. The number of rotatable bonds is 4. The SMILES string of the molecule is NC(=O)CC=Cc1ccc(-c2ccc(O)cc2)cc1. The minimum absolute atomic E-state index is 0.250. The van der Waals surface area contributed by atoms with E-state index in [9.17, 15) is 9.90 Å². The van der Waals surface area contributed by atoms with Gasteiger partial charge >= 0.3 is 0 Å². The maximum Gasteiger partial charge on any atom is 0.221 e. The molecule has 0 aliphatic carbocycles. The molecule has 1 amide bonds. The largest absolute Gasteiger partial charge is 0.508 e. The van der Waals surface area contributed by atoms with Crippen LogP contribution in [0, 0.1) is 0 Å². The van der Waals surface area contributed by atoms with Gasteiger partial charge in [0.25, 0.3) is 0 Å². The Morgan fingerprint density at radius 2 is 1.53 bits per heavy atom. The molecular formula is C16H15NO2. The van der Waals surface area contributed by atoms with E-state index in [1.54, 1.807) is 18.2 Å². The van der Waals surface area contributed by atoms with Gasteiger partial charge in [-0.15, -0.1) is 0 Å². The molecule has 96 valence electrons. The van der Waals surface area contributed by atoms with E-state index in [2.05, 4.69) is 0 Å². The lowest BCUT2D eigenvalue weighted by Gasteiger charge is -2.02. The molecule has 0 fully saturated rings. The highest BCUT2D eigenvalue weighted by molar-refractivity contribution is 5.76. The molecule has 0 heterocycles. The lowest BCUT2D eigenvalue weighted by Crippen LogP contribution is -2.07. The van der Waals surface area contributed by atoms with Crippen LogP contribution in [0.2, 0.25) is 0 Å². The zero-order chi connectivity index (χ0) is 13.7. The highest BCUT2D eigenvalue weighted by atomic mass is 16.3. The summed E-state index contributed by atoms with van der Waals surface area (Å²) in [5.74, 6) is -0.0771. The van der Waals surface area contributed by atoms with E-state index >= 15 is 0 Å². The first-order valence-corrected chi connectivity index (χ1v) is 5.99. The summed E-state index contributed by atoms with van der Waals surface area (Å²) in [4.78, 5) is 10.6. The van der Waals surface area contributed by atoms with Gasteiger partial charge < -0.3 is 10.8 Å². The lowest BCUT2D eigenvalue weighted by atomic mass is 10.0. The summed E-state index contributed by atoms with van der Waals surface area (Å²) in [7, 11) is 0. The fourth-order valence-electron chi connectivity index (χ4n) is 1.75. The molecule has 0 aliphatic rings. The van der Waals surface area contributed by atoms with Crippen molar-refractivity contribution in [3.8, 4) is 16.9 Å². The van der Waals surface area contributed by atoms with Crippen molar-refractivity contribution in [2.24, 2.45) is 5.73 Å². The van der Waals surface area contributed by atoms with E-state index in [1.807, 2.05) is 42.5 Å². The summed E-state index contributed by atoms with van der Waals surface area (Å²) in [6, 6.07) is 15.0. The maximum atomic E-state index is 10.6. The summed E-state index contributed by atoms with van der Waals surface area (Å²) < 4.78 is 0. The lowest BCUT2D eigenvalue weighted by molar-refractivity contribution is -0.117. The highest BCUT2D eigenvalue weighted by Gasteiger charge is 1.97. The van der Waals surface area contributed by atoms with Crippen molar-refractivity contribution in [1.29, 1.82) is 0 Å². The summed E-state index contributed by atoms with van der Waals surface area (Å²) in [5, 5.41) is 9.24. The quantitative estimate of drug-likeness (QED) is 0.879. The molecule has 0 atom stereocenters. The van der Waals surface area contributed by atoms with Crippen molar-refractivity contribution in [2.45, 2.75) is 6.42 Å². The molecule has 0 bridgehead atoms. The molecule has 0 aliphatic heterocycles. The summed E-state index contributed by atoms with van der Waals surface area (Å²) in [6.07, 6.45) is 3.86. The predicted octanol–water partition coefficient (Wildman–Crippen LogP) is 2.95. The van der Waals surface area contributed by atoms with Gasteiger partial charge in [0.1, 0.15) is 5.75 Å². The molecule has 2 aromatic rings. The Kier molecular flexibility index (Phi) is 3.98. The number of hydrogen-bond donors (Lipinski definition) is 2. The van der Waals surface area contributed by atoms with Crippen molar-refractivity contribution >= 4 is 12.0 Å². The van der Waals surface area contributed by atoms with E-state index in [-0.39, 0.29) is 18.1 Å². The fourth-order valence-corrected chi connectivity index (χ4v) is 1.75. The molecule has 3 nitrogen and oxygen atoms in total. The first-order chi connectivity index (χ1) is 9.15. The summed E-state index contributed by atoms with van der Waals surface area (Å²) >= 11 is 0. The number of carbonyl (C=O) groups excluding carboxylic acids is 1. The summed E-state index contributed by atoms with van der Waals surface area (Å²) in [6.45, 7) is 0. The molecule has 19 heavy (non-hydrogen) atoms. The molecule has 0 aromatic heterocycles. The van der Waals surface area contributed by atoms with Gasteiger partial charge in [0.05, 0.1) is 0 Å². The zero-order valence-corrected chi connectivity index (χ0v) is 10.4. The first-order valence-electron chi connectivity index (χ1n) is 5.99. The molecule has 3 heteroatoms. The predicted molar refractivity (Wildman–Crippen MR) is 76.4 cm³/mol. The molecule has 2 aromatic carbocycles. The van der Waals surface area contributed by atoms with Gasteiger partial charge in [0.15, 0.2) is 0 Å². The Morgan fingerprint density at radius 3 is 2.05 bits per heavy atom. The van der Waals surface area contributed by atoms with E-state index < -0.39 is 0 Å². The summed E-state index contributed by atoms with van der Waals surface area (Å²) in [5.41, 5.74) is 8.20. The van der Waals surface area contributed by atoms with Gasteiger partial charge in [0, 0.05) is 6.42 Å². The van der Waals surface area contributed by atoms with Crippen LogP contribution in [0.4, 0.5) is 0 Å². The van der Waals surface area contributed by atoms with Crippen LogP contribution in [0.15, 0.2) is 54.6 Å². The number of aromatic hydroxyl groups is 1. The second-order valence-corrected chi connectivity index (χ2v) is 4.24. The smallest absolute Gasteiger partial charge is 0.221 e. The molecule has 2 rings (SSSR count). The van der Waals surface area contributed by atoms with Crippen LogP contribution in [0.5, 0.6) is 5.75 Å². The van der Waals surface area contributed by atoms with Crippen LogP contribution in [-0.4, -0.2) is 11.0 Å². The third-order valence-corrected chi connectivity index (χ3v) is 2.74. The Bertz CT molecular complexity index is 583. The third kappa shape index (κ3) is 3.71. The fraction of sp³-hybridized carbons (Fsp3) is 0.0625. The van der Waals surface area contributed by atoms with Crippen molar-refractivity contribution in [3.05, 3.63) is 60.2 Å². The third-order valence-electron chi connectivity index (χ3n) is 2.74. The average molecular weight is 253 g/mol. The second-order valence-electron chi connectivity index (χ2n) is 4.24. The zero-order valence-electron chi connectivity index (χ0n) is 10.4. The molecule has 0 unspecified atom stereocenters. The minimum Gasteiger partial charge on any atom is -0.508 e. The minimum atomic E-state index is -0.336. The van der Waals surface area contributed by atoms with Crippen molar-refractivity contribution in [3.63, 3.8) is 0 Å². The second kappa shape index (κ2) is 5.87. The van der Waals surface area contributed by atoms with Crippen LogP contribution in [0.25, 0.3) is 17.2 Å². The molecular weight excluding hydrogens is 238 g/mol. The Balaban J connectivity index is 2.12. The Labute approximate surface area is 112 Å². The monoisotopic (exact) mass is 253 g/mol. The van der Waals surface area contributed by atoms with Crippen LogP contribution < -0.4 is 5.73 Å². The molecule has 0 saturated carbocycles. The number of nitrogens with two attached hydrogens (primary N) is 1. The van der Waals surface area contributed by atoms with Crippen LogP contribution in [0.1, 0.15) is 12.0 Å². The normalized spacial score (nSPS) is 10.7. The first kappa shape index (κ1) is 12.9. The van der Waals surface area contributed by atoms with E-state index in [0.29, 0.717) is 0 Å². The molecule has 0 saturated heterocycles. The molecule has 0 spiro atoms. The van der Waals surface area contributed by atoms with Gasteiger partial charge in [-0.05, 0) is 28.8 Å². The van der Waals surface area contributed by atoms with Crippen molar-refractivity contribution in [1.82, 2.24) is 0 Å². The number of hydrogen-bond acceptors (Lipinski definition) is 2. The standard InChI is InChI=1S/C16H15NO2/c17-16(19)3-1-2-12-4-6-13(7-5-12)14-8-10-15(18)11-9-14/h1-2,4-11,18H,3H2,(H2,17,19). The van der Waals surface area contributed by atoms with Gasteiger partial charge in [-0.1, -0.05) is 48.6 Å². The Hall–Kier alpha value is -2.55. The van der Waals surface area contributed by atoms with Gasteiger partial charge in [-0.2, -0.15) is 0 Å². The number of carbonyl (C=O) groups is 1. The topological polar surface area (TPSA) is 63.3 Å². The highest BCUT2D eigenvalue weighted by Crippen LogP contribution is 2.22. The van der Waals surface area contributed by atoms with Crippen molar-refractivity contribution < 1.29 is 9.90 Å². The van der Waals surface area contributed by atoms with Crippen molar-refractivity contribution in [2.75, 3.05) is 0 Å².